The molecule has 8 nitrogen and oxygen atoms in total. The van der Waals surface area contributed by atoms with Crippen molar-refractivity contribution >= 4 is 5.91 Å². The summed E-state index contributed by atoms with van der Waals surface area (Å²) in [7, 11) is 5.91. The fourth-order valence-corrected chi connectivity index (χ4v) is 3.11. The summed E-state index contributed by atoms with van der Waals surface area (Å²) in [6, 6.07) is 1.80. The molecule has 1 unspecified atom stereocenters. The van der Waals surface area contributed by atoms with E-state index in [1.807, 2.05) is 28.1 Å². The Balaban J connectivity index is 1.74. The Morgan fingerprint density at radius 3 is 2.96 bits per heavy atom. The maximum Gasteiger partial charge on any atom is 0.290 e. The van der Waals surface area contributed by atoms with Gasteiger partial charge in [0.05, 0.1) is 31.7 Å². The molecule has 1 atom stereocenters. The Bertz CT molecular complexity index is 736. The second-order valence-corrected chi connectivity index (χ2v) is 6.74. The summed E-state index contributed by atoms with van der Waals surface area (Å²) < 4.78 is 13.0. The molecule has 0 N–H and O–H groups in total. The third-order valence-corrected chi connectivity index (χ3v) is 4.46. The molecule has 136 valence electrons. The molecule has 3 heterocycles. The van der Waals surface area contributed by atoms with Gasteiger partial charge in [-0.1, -0.05) is 5.21 Å². The summed E-state index contributed by atoms with van der Waals surface area (Å²) in [6.45, 7) is 4.91. The molecule has 2 aromatic heterocycles. The normalized spacial score (nSPS) is 17.2. The number of amides is 1. The first kappa shape index (κ1) is 17.6. The average molecular weight is 347 g/mol. The number of furan rings is 1. The highest BCUT2D eigenvalue weighted by Gasteiger charge is 2.34. The van der Waals surface area contributed by atoms with Gasteiger partial charge in [0.15, 0.2) is 5.76 Å². The number of carbonyl (C=O) groups is 1. The molecule has 3 rings (SSSR count). The van der Waals surface area contributed by atoms with Crippen molar-refractivity contribution in [2.75, 3.05) is 40.4 Å². The standard InChI is InChI=1S/C17H25N5O3/c1-12-5-7-25-16(12)17(23)22-9-13(11-24-8-6-20(2)3)15-14(10-22)18-19-21(15)4/h5,7,13H,6,8-11H2,1-4H3. The molecule has 0 spiro atoms. The number of hydrogen-bond acceptors (Lipinski definition) is 6. The van der Waals surface area contributed by atoms with Crippen LogP contribution in [0.1, 0.15) is 33.4 Å². The second kappa shape index (κ2) is 7.37. The average Bonchev–Trinajstić information content (AvgIpc) is 3.16. The van der Waals surface area contributed by atoms with Crippen molar-refractivity contribution in [2.24, 2.45) is 7.05 Å². The fourth-order valence-electron chi connectivity index (χ4n) is 3.11. The minimum atomic E-state index is -0.114. The van der Waals surface area contributed by atoms with E-state index < -0.39 is 0 Å². The van der Waals surface area contributed by atoms with Crippen molar-refractivity contribution < 1.29 is 13.9 Å². The van der Waals surface area contributed by atoms with Crippen LogP contribution in [0.4, 0.5) is 0 Å². The molecule has 25 heavy (non-hydrogen) atoms. The molecule has 2 aromatic rings. The van der Waals surface area contributed by atoms with E-state index in [9.17, 15) is 4.79 Å². The van der Waals surface area contributed by atoms with Gasteiger partial charge >= 0.3 is 0 Å². The summed E-state index contributed by atoms with van der Waals surface area (Å²) in [5.41, 5.74) is 2.71. The number of ether oxygens (including phenoxy) is 1. The maximum absolute atomic E-state index is 12.8. The first-order valence-electron chi connectivity index (χ1n) is 8.41. The summed E-state index contributed by atoms with van der Waals surface area (Å²) in [4.78, 5) is 16.6. The highest BCUT2D eigenvalue weighted by Crippen LogP contribution is 2.28. The SMILES string of the molecule is Cc1ccoc1C(=O)N1Cc2nnn(C)c2C(COCCN(C)C)C1. The summed E-state index contributed by atoms with van der Waals surface area (Å²) in [6.07, 6.45) is 1.54. The molecule has 0 saturated heterocycles. The highest BCUT2D eigenvalue weighted by atomic mass is 16.5. The van der Waals surface area contributed by atoms with Crippen LogP contribution in [0.2, 0.25) is 0 Å². The number of carbonyl (C=O) groups excluding carboxylic acids is 1. The Kier molecular flexibility index (Phi) is 5.19. The number of rotatable bonds is 6. The highest BCUT2D eigenvalue weighted by molar-refractivity contribution is 5.93. The van der Waals surface area contributed by atoms with Crippen LogP contribution in [0.5, 0.6) is 0 Å². The van der Waals surface area contributed by atoms with Gasteiger partial charge in [0.1, 0.15) is 5.69 Å². The van der Waals surface area contributed by atoms with E-state index in [2.05, 4.69) is 15.2 Å². The van der Waals surface area contributed by atoms with Crippen LogP contribution in [0.25, 0.3) is 0 Å². The lowest BCUT2D eigenvalue weighted by Crippen LogP contribution is -2.40. The lowest BCUT2D eigenvalue weighted by atomic mass is 9.98. The van der Waals surface area contributed by atoms with Gasteiger partial charge in [-0.05, 0) is 27.1 Å². The van der Waals surface area contributed by atoms with Crippen LogP contribution < -0.4 is 0 Å². The van der Waals surface area contributed by atoms with Gasteiger partial charge in [-0.3, -0.25) is 9.48 Å². The van der Waals surface area contributed by atoms with E-state index in [0.29, 0.717) is 32.1 Å². The number of fused-ring (bicyclic) bond motifs is 1. The van der Waals surface area contributed by atoms with Crippen molar-refractivity contribution in [3.8, 4) is 0 Å². The lowest BCUT2D eigenvalue weighted by Gasteiger charge is -2.31. The lowest BCUT2D eigenvalue weighted by molar-refractivity contribution is 0.0586. The van der Waals surface area contributed by atoms with E-state index in [-0.39, 0.29) is 11.8 Å². The quantitative estimate of drug-likeness (QED) is 0.727. The molecule has 0 aliphatic carbocycles. The monoisotopic (exact) mass is 347 g/mol. The van der Waals surface area contributed by atoms with E-state index in [1.165, 1.54) is 0 Å². The van der Waals surface area contributed by atoms with Crippen LogP contribution in [0, 0.1) is 6.92 Å². The van der Waals surface area contributed by atoms with Crippen molar-refractivity contribution in [3.63, 3.8) is 0 Å². The van der Waals surface area contributed by atoms with E-state index >= 15 is 0 Å². The van der Waals surface area contributed by atoms with Gasteiger partial charge in [-0.25, -0.2) is 0 Å². The fraction of sp³-hybridized carbons (Fsp3) is 0.588. The Hall–Kier alpha value is -2.19. The molecule has 0 fully saturated rings. The predicted octanol–water partition coefficient (Wildman–Crippen LogP) is 1.03. The van der Waals surface area contributed by atoms with Gasteiger partial charge < -0.3 is 19.0 Å². The van der Waals surface area contributed by atoms with Crippen LogP contribution in [0.3, 0.4) is 0 Å². The third kappa shape index (κ3) is 3.74. The molecule has 0 bridgehead atoms. The Morgan fingerprint density at radius 2 is 2.28 bits per heavy atom. The van der Waals surface area contributed by atoms with Gasteiger partial charge in [0.25, 0.3) is 5.91 Å². The van der Waals surface area contributed by atoms with Crippen molar-refractivity contribution in [2.45, 2.75) is 19.4 Å². The largest absolute Gasteiger partial charge is 0.459 e. The van der Waals surface area contributed by atoms with Crippen molar-refractivity contribution in [1.82, 2.24) is 24.8 Å². The number of aromatic nitrogens is 3. The molecule has 8 heteroatoms. The van der Waals surface area contributed by atoms with Crippen molar-refractivity contribution in [1.29, 1.82) is 0 Å². The Morgan fingerprint density at radius 1 is 1.48 bits per heavy atom. The Labute approximate surface area is 147 Å². The number of likely N-dealkylation sites (N-methyl/N-ethyl adjacent to an activating group) is 1. The molecule has 1 aliphatic heterocycles. The second-order valence-electron chi connectivity index (χ2n) is 6.74. The molecule has 1 amide bonds. The number of aryl methyl sites for hydroxylation is 2. The smallest absolute Gasteiger partial charge is 0.290 e. The first-order valence-corrected chi connectivity index (χ1v) is 8.41. The number of hydrogen-bond donors (Lipinski definition) is 0. The van der Waals surface area contributed by atoms with Gasteiger partial charge in [0.2, 0.25) is 0 Å². The van der Waals surface area contributed by atoms with Crippen LogP contribution in [-0.4, -0.2) is 71.1 Å². The van der Waals surface area contributed by atoms with Crippen molar-refractivity contribution in [3.05, 3.63) is 35.0 Å². The predicted molar refractivity (Wildman–Crippen MR) is 91.3 cm³/mol. The molecule has 1 aliphatic rings. The van der Waals surface area contributed by atoms with Gasteiger partial charge in [-0.2, -0.15) is 0 Å². The zero-order valence-corrected chi connectivity index (χ0v) is 15.2. The van der Waals surface area contributed by atoms with E-state index in [1.54, 1.807) is 21.9 Å². The maximum atomic E-state index is 12.8. The zero-order valence-electron chi connectivity index (χ0n) is 15.2. The third-order valence-electron chi connectivity index (χ3n) is 4.46. The van der Waals surface area contributed by atoms with E-state index in [0.717, 1.165) is 23.5 Å². The summed E-state index contributed by atoms with van der Waals surface area (Å²) in [5.74, 6) is 0.321. The molecule has 0 saturated carbocycles. The van der Waals surface area contributed by atoms with Crippen LogP contribution in [-0.2, 0) is 18.3 Å². The summed E-state index contributed by atoms with van der Waals surface area (Å²) >= 11 is 0. The molecular weight excluding hydrogens is 322 g/mol. The molecule has 0 aromatic carbocycles. The van der Waals surface area contributed by atoms with E-state index in [4.69, 9.17) is 9.15 Å². The topological polar surface area (TPSA) is 76.6 Å². The first-order chi connectivity index (χ1) is 12.0. The molecular formula is C17H25N5O3. The number of nitrogens with zero attached hydrogens (tertiary/aromatic N) is 5. The zero-order chi connectivity index (χ0) is 18.0. The minimum absolute atomic E-state index is 0.0464. The summed E-state index contributed by atoms with van der Waals surface area (Å²) in [5, 5.41) is 8.34. The van der Waals surface area contributed by atoms with Crippen LogP contribution in [0.15, 0.2) is 16.7 Å². The van der Waals surface area contributed by atoms with Gasteiger partial charge in [-0.15, -0.1) is 5.10 Å². The molecule has 0 radical (unpaired) electrons. The minimum Gasteiger partial charge on any atom is -0.459 e. The van der Waals surface area contributed by atoms with Gasteiger partial charge in [0, 0.05) is 31.6 Å². The van der Waals surface area contributed by atoms with Crippen LogP contribution >= 0.6 is 0 Å².